The molecule has 5 heteroatoms. The van der Waals surface area contributed by atoms with Crippen molar-refractivity contribution < 1.29 is 4.92 Å². The number of non-ortho nitro benzene ring substituents is 1. The lowest BCUT2D eigenvalue weighted by Gasteiger charge is -1.96. The number of nitro benzene ring substituents is 1. The predicted octanol–water partition coefficient (Wildman–Crippen LogP) is 1.52. The molecule has 0 saturated carbocycles. The van der Waals surface area contributed by atoms with Gasteiger partial charge in [0.25, 0.3) is 5.69 Å². The summed E-state index contributed by atoms with van der Waals surface area (Å²) in [6, 6.07) is 5.97. The number of anilines is 1. The molecule has 3 N–H and O–H groups in total. The fraction of sp³-hybridized carbons (Fsp3) is 0.143. The highest BCUT2D eigenvalue weighted by molar-refractivity contribution is 5.49. The van der Waals surface area contributed by atoms with E-state index in [1.165, 1.54) is 12.1 Å². The Labute approximate surface area is 70.3 Å². The minimum absolute atomic E-state index is 0. The quantitative estimate of drug-likeness (QED) is 0.399. The Balaban J connectivity index is 0.00000121. The summed E-state index contributed by atoms with van der Waals surface area (Å²) in [4.78, 5) is 9.73. The maximum Gasteiger partial charge on any atom is 0.271 e. The van der Waals surface area contributed by atoms with E-state index in [9.17, 15) is 10.1 Å². The molecule has 0 aliphatic heterocycles. The van der Waals surface area contributed by atoms with Crippen molar-refractivity contribution in [1.29, 1.82) is 0 Å². The van der Waals surface area contributed by atoms with Gasteiger partial charge in [0.2, 0.25) is 0 Å². The second-order valence-electron chi connectivity index (χ2n) is 1.95. The molecule has 1 aromatic carbocycles. The number of hydrogen-bond donors (Lipinski definition) is 2. The molecule has 0 aliphatic rings. The Kier molecular flexibility index (Phi) is 3.72. The van der Waals surface area contributed by atoms with Crippen LogP contribution in [0, 0.1) is 10.1 Å². The molecule has 1 aromatic rings. The monoisotopic (exact) mass is 169 g/mol. The molecule has 1 rings (SSSR count). The molecular weight excluding hydrogens is 158 g/mol. The Morgan fingerprint density at radius 2 is 2.17 bits per heavy atom. The van der Waals surface area contributed by atoms with Crippen LogP contribution in [0.5, 0.6) is 0 Å². The van der Waals surface area contributed by atoms with Crippen LogP contribution in [0.1, 0.15) is 7.43 Å². The molecule has 0 saturated heterocycles. The molecule has 0 aromatic heterocycles. The van der Waals surface area contributed by atoms with Crippen molar-refractivity contribution in [1.82, 2.24) is 0 Å². The number of nitrogen functional groups attached to an aromatic ring is 1. The first-order valence-corrected chi connectivity index (χ1v) is 2.95. The molecule has 12 heavy (non-hydrogen) atoms. The van der Waals surface area contributed by atoms with Gasteiger partial charge in [-0.15, -0.1) is 0 Å². The third kappa shape index (κ3) is 2.21. The number of hydrazine groups is 1. The van der Waals surface area contributed by atoms with Gasteiger partial charge in [-0.05, 0) is 6.07 Å². The van der Waals surface area contributed by atoms with Crippen LogP contribution in [0.2, 0.25) is 0 Å². The van der Waals surface area contributed by atoms with Gasteiger partial charge in [-0.25, -0.2) is 0 Å². The van der Waals surface area contributed by atoms with Crippen LogP contribution < -0.4 is 11.3 Å². The highest BCUT2D eigenvalue weighted by atomic mass is 16.6. The van der Waals surface area contributed by atoms with Crippen molar-refractivity contribution in [3.8, 4) is 0 Å². The zero-order valence-electron chi connectivity index (χ0n) is 5.65. The van der Waals surface area contributed by atoms with E-state index in [0.717, 1.165) is 0 Å². The lowest BCUT2D eigenvalue weighted by molar-refractivity contribution is -0.384. The first-order valence-electron chi connectivity index (χ1n) is 2.95. The summed E-state index contributed by atoms with van der Waals surface area (Å²) in [5, 5.41) is 10.2. The van der Waals surface area contributed by atoms with Crippen molar-refractivity contribution in [2.24, 2.45) is 5.84 Å². The average Bonchev–Trinajstić information content (AvgIpc) is 2.05. The van der Waals surface area contributed by atoms with Gasteiger partial charge in [-0.3, -0.25) is 16.0 Å². The van der Waals surface area contributed by atoms with Gasteiger partial charge in [0.1, 0.15) is 0 Å². The van der Waals surface area contributed by atoms with Crippen LogP contribution in [-0.4, -0.2) is 4.92 Å². The number of nitrogens with zero attached hydrogens (tertiary/aromatic N) is 1. The van der Waals surface area contributed by atoms with E-state index in [1.807, 2.05) is 0 Å². The van der Waals surface area contributed by atoms with Crippen molar-refractivity contribution in [2.75, 3.05) is 5.43 Å². The predicted molar refractivity (Wildman–Crippen MR) is 47.6 cm³/mol. The maximum absolute atomic E-state index is 10.2. The smallest absolute Gasteiger partial charge is 0.271 e. The van der Waals surface area contributed by atoms with E-state index in [-0.39, 0.29) is 13.1 Å². The van der Waals surface area contributed by atoms with Crippen LogP contribution >= 0.6 is 0 Å². The Morgan fingerprint density at radius 1 is 1.50 bits per heavy atom. The molecule has 0 bridgehead atoms. The van der Waals surface area contributed by atoms with Gasteiger partial charge in [-0.1, -0.05) is 13.5 Å². The lowest BCUT2D eigenvalue weighted by Crippen LogP contribution is -2.06. The number of nitrogens with one attached hydrogen (secondary N) is 1. The number of benzene rings is 1. The molecule has 0 amide bonds. The molecule has 66 valence electrons. The van der Waals surface area contributed by atoms with Gasteiger partial charge in [0, 0.05) is 12.1 Å². The zero-order valence-corrected chi connectivity index (χ0v) is 5.65. The zero-order chi connectivity index (χ0) is 8.27. The van der Waals surface area contributed by atoms with E-state index in [4.69, 9.17) is 5.84 Å². The fourth-order valence-corrected chi connectivity index (χ4v) is 0.709. The van der Waals surface area contributed by atoms with Gasteiger partial charge >= 0.3 is 0 Å². The van der Waals surface area contributed by atoms with Crippen LogP contribution in [0.25, 0.3) is 0 Å². The van der Waals surface area contributed by atoms with Crippen molar-refractivity contribution in [2.45, 2.75) is 7.43 Å². The first kappa shape index (κ1) is 10.4. The molecule has 0 unspecified atom stereocenters. The second-order valence-corrected chi connectivity index (χ2v) is 1.95. The Morgan fingerprint density at radius 3 is 2.67 bits per heavy atom. The SMILES string of the molecule is C.NNc1cccc([N+](=O)[O-])c1. The third-order valence-electron chi connectivity index (χ3n) is 1.22. The summed E-state index contributed by atoms with van der Waals surface area (Å²) in [7, 11) is 0. The normalized spacial score (nSPS) is 8.42. The van der Waals surface area contributed by atoms with Crippen molar-refractivity contribution >= 4 is 11.4 Å². The molecule has 0 radical (unpaired) electrons. The van der Waals surface area contributed by atoms with Crippen LogP contribution in [0.3, 0.4) is 0 Å². The summed E-state index contributed by atoms with van der Waals surface area (Å²) in [5.41, 5.74) is 2.87. The number of nitro groups is 1. The first-order chi connectivity index (χ1) is 5.24. The van der Waals surface area contributed by atoms with Gasteiger partial charge < -0.3 is 5.43 Å². The van der Waals surface area contributed by atoms with E-state index in [2.05, 4.69) is 5.43 Å². The minimum atomic E-state index is -0.471. The molecule has 5 nitrogen and oxygen atoms in total. The Hall–Kier alpha value is -1.62. The molecular formula is C7H11N3O2. The fourth-order valence-electron chi connectivity index (χ4n) is 0.709. The molecule has 0 atom stereocenters. The summed E-state index contributed by atoms with van der Waals surface area (Å²) >= 11 is 0. The topological polar surface area (TPSA) is 81.2 Å². The highest BCUT2D eigenvalue weighted by Gasteiger charge is 2.03. The summed E-state index contributed by atoms with van der Waals surface area (Å²) < 4.78 is 0. The highest BCUT2D eigenvalue weighted by Crippen LogP contribution is 2.15. The molecule has 0 fully saturated rings. The Bertz CT molecular complexity index is 275. The van der Waals surface area contributed by atoms with E-state index >= 15 is 0 Å². The second kappa shape index (κ2) is 4.30. The van der Waals surface area contributed by atoms with Crippen molar-refractivity contribution in [3.05, 3.63) is 34.4 Å². The van der Waals surface area contributed by atoms with Gasteiger partial charge in [0.15, 0.2) is 0 Å². The summed E-state index contributed by atoms with van der Waals surface area (Å²) in [6.07, 6.45) is 0. The summed E-state index contributed by atoms with van der Waals surface area (Å²) in [6.45, 7) is 0. The number of hydrogen-bond acceptors (Lipinski definition) is 4. The van der Waals surface area contributed by atoms with E-state index in [0.29, 0.717) is 5.69 Å². The van der Waals surface area contributed by atoms with Crippen molar-refractivity contribution in [3.63, 3.8) is 0 Å². The molecule has 0 heterocycles. The van der Waals surface area contributed by atoms with Crippen LogP contribution in [0.15, 0.2) is 24.3 Å². The maximum atomic E-state index is 10.2. The summed E-state index contributed by atoms with van der Waals surface area (Å²) in [5.74, 6) is 5.05. The third-order valence-corrected chi connectivity index (χ3v) is 1.22. The average molecular weight is 169 g/mol. The minimum Gasteiger partial charge on any atom is -0.324 e. The molecule has 0 spiro atoms. The van der Waals surface area contributed by atoms with Gasteiger partial charge in [0.05, 0.1) is 10.6 Å². The van der Waals surface area contributed by atoms with E-state index < -0.39 is 4.92 Å². The van der Waals surface area contributed by atoms with Crippen LogP contribution in [0.4, 0.5) is 11.4 Å². The molecule has 0 aliphatic carbocycles. The van der Waals surface area contributed by atoms with Crippen LogP contribution in [-0.2, 0) is 0 Å². The standard InChI is InChI=1S/C6H7N3O2.CH4/c7-8-5-2-1-3-6(4-5)9(10)11;/h1-4,8H,7H2;1H4. The number of nitrogens with two attached hydrogens (primary N) is 1. The lowest BCUT2D eigenvalue weighted by atomic mass is 10.3. The van der Waals surface area contributed by atoms with E-state index in [1.54, 1.807) is 12.1 Å². The number of rotatable bonds is 2. The largest absolute Gasteiger partial charge is 0.324 e. The van der Waals surface area contributed by atoms with Gasteiger partial charge in [-0.2, -0.15) is 0 Å².